The molecule has 0 radical (unpaired) electrons. The van der Waals surface area contributed by atoms with Crippen molar-refractivity contribution in [1.82, 2.24) is 14.8 Å². The monoisotopic (exact) mass is 519 g/mol. The molecule has 4 rings (SSSR count). The largest absolute Gasteiger partial charge is 0.472 e. The van der Waals surface area contributed by atoms with E-state index in [4.69, 9.17) is 4.74 Å². The third kappa shape index (κ3) is 6.53. The number of amides is 2. The molecule has 1 fully saturated rings. The highest BCUT2D eigenvalue weighted by atomic mass is 16.5. The molecule has 2 aliphatic rings. The van der Waals surface area contributed by atoms with E-state index < -0.39 is 17.7 Å². The van der Waals surface area contributed by atoms with Gasteiger partial charge in [0.15, 0.2) is 0 Å². The highest BCUT2D eigenvalue weighted by molar-refractivity contribution is 5.97. The van der Waals surface area contributed by atoms with Gasteiger partial charge in [0, 0.05) is 31.3 Å². The SMILES string of the molecule is C[C@@H]1CN([C@H](C)CO)C(=O)c2cc(C#CC3(O)CCCC3)cnc2O[C@H]1CN(C)C(=O)Cc1ccccc1. The number of benzene rings is 1. The third-order valence-electron chi connectivity index (χ3n) is 7.47. The van der Waals surface area contributed by atoms with Crippen molar-refractivity contribution >= 4 is 11.8 Å². The molecule has 1 saturated carbocycles. The maximum Gasteiger partial charge on any atom is 0.259 e. The molecule has 8 nitrogen and oxygen atoms in total. The van der Waals surface area contributed by atoms with Gasteiger partial charge in [-0.15, -0.1) is 0 Å². The molecule has 0 spiro atoms. The number of likely N-dealkylation sites (N-methyl/N-ethyl adjacent to an activating group) is 1. The summed E-state index contributed by atoms with van der Waals surface area (Å²) in [5.74, 6) is 5.67. The Morgan fingerprint density at radius 2 is 2.00 bits per heavy atom. The number of aliphatic hydroxyl groups excluding tert-OH is 1. The first kappa shape index (κ1) is 27.6. The van der Waals surface area contributed by atoms with Crippen LogP contribution in [0.15, 0.2) is 42.6 Å². The van der Waals surface area contributed by atoms with Gasteiger partial charge in [0.2, 0.25) is 11.8 Å². The van der Waals surface area contributed by atoms with Gasteiger partial charge in [-0.3, -0.25) is 9.59 Å². The zero-order valence-electron chi connectivity index (χ0n) is 22.4. The number of pyridine rings is 1. The Labute approximate surface area is 224 Å². The quantitative estimate of drug-likeness (QED) is 0.569. The van der Waals surface area contributed by atoms with Crippen LogP contribution in [0.2, 0.25) is 0 Å². The molecule has 2 aromatic rings. The van der Waals surface area contributed by atoms with Crippen LogP contribution in [0, 0.1) is 17.8 Å². The Hall–Kier alpha value is -3.41. The van der Waals surface area contributed by atoms with Crippen LogP contribution >= 0.6 is 0 Å². The number of carbonyl (C=O) groups excluding carboxylic acids is 2. The van der Waals surface area contributed by atoms with Crippen LogP contribution in [0.5, 0.6) is 5.88 Å². The number of carbonyl (C=O) groups is 2. The van der Waals surface area contributed by atoms with Gasteiger partial charge < -0.3 is 24.7 Å². The lowest BCUT2D eigenvalue weighted by Gasteiger charge is -2.37. The van der Waals surface area contributed by atoms with Crippen LogP contribution in [0.1, 0.15) is 61.0 Å². The average Bonchev–Trinajstić information content (AvgIpc) is 3.36. The lowest BCUT2D eigenvalue weighted by Crippen LogP contribution is -2.50. The van der Waals surface area contributed by atoms with E-state index in [2.05, 4.69) is 16.8 Å². The second-order valence-corrected chi connectivity index (χ2v) is 10.6. The highest BCUT2D eigenvalue weighted by Crippen LogP contribution is 2.30. The van der Waals surface area contributed by atoms with Crippen LogP contribution in [-0.4, -0.2) is 81.3 Å². The fourth-order valence-corrected chi connectivity index (χ4v) is 4.94. The number of hydrogen-bond acceptors (Lipinski definition) is 6. The van der Waals surface area contributed by atoms with Crippen LogP contribution in [-0.2, 0) is 11.2 Å². The zero-order valence-corrected chi connectivity index (χ0v) is 22.4. The fraction of sp³-hybridized carbons (Fsp3) is 0.500. The molecule has 38 heavy (non-hydrogen) atoms. The molecule has 1 aliphatic carbocycles. The molecule has 2 N–H and O–H groups in total. The van der Waals surface area contributed by atoms with Gasteiger partial charge in [0.05, 0.1) is 25.6 Å². The summed E-state index contributed by atoms with van der Waals surface area (Å²) in [5.41, 5.74) is 0.704. The Balaban J connectivity index is 1.60. The smallest absolute Gasteiger partial charge is 0.259 e. The topological polar surface area (TPSA) is 103 Å². The van der Waals surface area contributed by atoms with E-state index in [-0.39, 0.29) is 42.2 Å². The predicted molar refractivity (Wildman–Crippen MR) is 143 cm³/mol. The Morgan fingerprint density at radius 3 is 2.68 bits per heavy atom. The first-order chi connectivity index (χ1) is 18.2. The Morgan fingerprint density at radius 1 is 1.29 bits per heavy atom. The zero-order chi connectivity index (χ0) is 27.3. The summed E-state index contributed by atoms with van der Waals surface area (Å²) in [7, 11) is 1.75. The molecule has 202 valence electrons. The number of aliphatic hydroxyl groups is 2. The fourth-order valence-electron chi connectivity index (χ4n) is 4.94. The van der Waals surface area contributed by atoms with Crippen LogP contribution < -0.4 is 4.74 Å². The van der Waals surface area contributed by atoms with Crippen molar-refractivity contribution in [3.8, 4) is 17.7 Å². The van der Waals surface area contributed by atoms with Crippen molar-refractivity contribution in [3.63, 3.8) is 0 Å². The molecule has 1 aromatic heterocycles. The number of nitrogens with zero attached hydrogens (tertiary/aromatic N) is 3. The van der Waals surface area contributed by atoms with Gasteiger partial charge in [-0.25, -0.2) is 4.98 Å². The molecular weight excluding hydrogens is 482 g/mol. The van der Waals surface area contributed by atoms with Crippen LogP contribution in [0.4, 0.5) is 0 Å². The second-order valence-electron chi connectivity index (χ2n) is 10.6. The number of fused-ring (bicyclic) bond motifs is 1. The van der Waals surface area contributed by atoms with E-state index >= 15 is 0 Å². The van der Waals surface area contributed by atoms with E-state index in [1.807, 2.05) is 37.3 Å². The van der Waals surface area contributed by atoms with Gasteiger partial charge in [0.25, 0.3) is 5.91 Å². The maximum atomic E-state index is 13.6. The molecule has 0 bridgehead atoms. The molecule has 2 heterocycles. The summed E-state index contributed by atoms with van der Waals surface area (Å²) >= 11 is 0. The van der Waals surface area contributed by atoms with Crippen molar-refractivity contribution < 1.29 is 24.5 Å². The van der Waals surface area contributed by atoms with Crippen molar-refractivity contribution in [2.24, 2.45) is 5.92 Å². The molecule has 1 aromatic carbocycles. The average molecular weight is 520 g/mol. The lowest BCUT2D eigenvalue weighted by atomic mass is 9.99. The van der Waals surface area contributed by atoms with Crippen molar-refractivity contribution in [1.29, 1.82) is 0 Å². The lowest BCUT2D eigenvalue weighted by molar-refractivity contribution is -0.130. The Bertz CT molecular complexity index is 1200. The van der Waals surface area contributed by atoms with E-state index in [0.717, 1.165) is 18.4 Å². The van der Waals surface area contributed by atoms with Crippen molar-refractivity contribution in [3.05, 3.63) is 59.3 Å². The normalized spacial score (nSPS) is 21.3. The summed E-state index contributed by atoms with van der Waals surface area (Å²) < 4.78 is 6.29. The standard InChI is InChI=1S/C30H37N3O5/c1-21-18-33(22(2)20-34)29(36)25-15-24(11-14-30(37)12-7-8-13-30)17-31-28(25)38-26(21)19-32(3)27(35)16-23-9-5-4-6-10-23/h4-6,9-10,15,17,21-22,26,34,37H,7-8,12-13,16,18-20H2,1-3H3/t21-,22-,26+/m1/s1. The van der Waals surface area contributed by atoms with Crippen molar-refractivity contribution in [2.75, 3.05) is 26.7 Å². The van der Waals surface area contributed by atoms with E-state index in [1.54, 1.807) is 36.0 Å². The third-order valence-corrected chi connectivity index (χ3v) is 7.47. The second kappa shape index (κ2) is 12.0. The van der Waals surface area contributed by atoms with Gasteiger partial charge in [-0.05, 0) is 44.2 Å². The minimum atomic E-state index is -1.00. The van der Waals surface area contributed by atoms with E-state index in [9.17, 15) is 19.8 Å². The van der Waals surface area contributed by atoms with Crippen LogP contribution in [0.3, 0.4) is 0 Å². The first-order valence-electron chi connectivity index (χ1n) is 13.3. The van der Waals surface area contributed by atoms with Gasteiger partial charge in [-0.2, -0.15) is 0 Å². The first-order valence-corrected chi connectivity index (χ1v) is 13.3. The van der Waals surface area contributed by atoms with E-state index in [0.29, 0.717) is 31.5 Å². The molecule has 1 aliphatic heterocycles. The molecule has 0 saturated heterocycles. The Kier molecular flexibility index (Phi) is 8.70. The number of aromatic nitrogens is 1. The van der Waals surface area contributed by atoms with E-state index in [1.165, 1.54) is 0 Å². The molecule has 3 atom stereocenters. The molecule has 8 heteroatoms. The number of ether oxygens (including phenoxy) is 1. The summed E-state index contributed by atoms with van der Waals surface area (Å²) in [5, 5.41) is 20.5. The summed E-state index contributed by atoms with van der Waals surface area (Å²) in [6.07, 6.45) is 4.56. The summed E-state index contributed by atoms with van der Waals surface area (Å²) in [6.45, 7) is 4.25. The van der Waals surface area contributed by atoms with Crippen molar-refractivity contribution in [2.45, 2.75) is 63.7 Å². The number of hydrogen-bond donors (Lipinski definition) is 2. The van der Waals surface area contributed by atoms with Gasteiger partial charge in [-0.1, -0.05) is 49.1 Å². The predicted octanol–water partition coefficient (Wildman–Crippen LogP) is 2.66. The number of rotatable bonds is 6. The van der Waals surface area contributed by atoms with Crippen LogP contribution in [0.25, 0.3) is 0 Å². The molecule has 0 unspecified atom stereocenters. The van der Waals surface area contributed by atoms with Gasteiger partial charge >= 0.3 is 0 Å². The van der Waals surface area contributed by atoms with Gasteiger partial charge in [0.1, 0.15) is 17.3 Å². The molecular formula is C30H37N3O5. The minimum Gasteiger partial charge on any atom is -0.472 e. The maximum absolute atomic E-state index is 13.6. The highest BCUT2D eigenvalue weighted by Gasteiger charge is 2.35. The summed E-state index contributed by atoms with van der Waals surface area (Å²) in [6, 6.07) is 10.8. The summed E-state index contributed by atoms with van der Waals surface area (Å²) in [4.78, 5) is 34.2. The minimum absolute atomic E-state index is 0.0330. The molecule has 2 amide bonds.